The fourth-order valence-corrected chi connectivity index (χ4v) is 3.16. The van der Waals surface area contributed by atoms with Crippen molar-refractivity contribution in [2.75, 3.05) is 19.8 Å². The molecule has 4 heteroatoms. The molecule has 0 saturated carbocycles. The van der Waals surface area contributed by atoms with Gasteiger partial charge in [0.2, 0.25) is 0 Å². The van der Waals surface area contributed by atoms with E-state index in [-0.39, 0.29) is 0 Å². The van der Waals surface area contributed by atoms with Gasteiger partial charge in [-0.25, -0.2) is 0 Å². The van der Waals surface area contributed by atoms with E-state index < -0.39 is 0 Å². The third-order valence-electron chi connectivity index (χ3n) is 4.12. The number of nitrogens with one attached hydrogen (secondary N) is 1. The smallest absolute Gasteiger partial charge is 0.0644 e. The van der Waals surface area contributed by atoms with Gasteiger partial charge in [-0.3, -0.25) is 4.68 Å². The van der Waals surface area contributed by atoms with Crippen LogP contribution in [0.15, 0.2) is 0 Å². The molecule has 1 aliphatic heterocycles. The first-order valence-corrected chi connectivity index (χ1v) is 7.55. The van der Waals surface area contributed by atoms with Gasteiger partial charge < -0.3 is 10.1 Å². The molecular formula is C15H27N3O. The lowest BCUT2D eigenvalue weighted by molar-refractivity contribution is 0.0655. The van der Waals surface area contributed by atoms with Crippen molar-refractivity contribution in [1.29, 1.82) is 0 Å². The average molecular weight is 265 g/mol. The molecule has 2 rings (SSSR count). The number of hydrogen-bond acceptors (Lipinski definition) is 3. The molecule has 0 radical (unpaired) electrons. The van der Waals surface area contributed by atoms with Crippen molar-refractivity contribution >= 4 is 0 Å². The second-order valence-electron chi connectivity index (χ2n) is 5.39. The highest BCUT2D eigenvalue weighted by molar-refractivity contribution is 5.28. The van der Waals surface area contributed by atoms with Gasteiger partial charge >= 0.3 is 0 Å². The number of hydrogen-bond donors (Lipinski definition) is 1. The van der Waals surface area contributed by atoms with Crippen molar-refractivity contribution in [1.82, 2.24) is 15.1 Å². The fraction of sp³-hybridized carbons (Fsp3) is 0.800. The third kappa shape index (κ3) is 3.00. The molecule has 19 heavy (non-hydrogen) atoms. The van der Waals surface area contributed by atoms with Crippen LogP contribution >= 0.6 is 0 Å². The van der Waals surface area contributed by atoms with Gasteiger partial charge in [-0.2, -0.15) is 5.10 Å². The molecule has 2 heterocycles. The van der Waals surface area contributed by atoms with E-state index >= 15 is 0 Å². The Kier molecular flexibility index (Phi) is 4.99. The molecule has 1 aliphatic rings. The van der Waals surface area contributed by atoms with Crippen molar-refractivity contribution in [3.05, 3.63) is 17.0 Å². The summed E-state index contributed by atoms with van der Waals surface area (Å²) in [6.07, 6.45) is 3.27. The summed E-state index contributed by atoms with van der Waals surface area (Å²) in [4.78, 5) is 0. The molecule has 4 nitrogen and oxygen atoms in total. The van der Waals surface area contributed by atoms with Gasteiger partial charge in [0.25, 0.3) is 0 Å². The molecular weight excluding hydrogens is 238 g/mol. The Morgan fingerprint density at radius 2 is 2.00 bits per heavy atom. The van der Waals surface area contributed by atoms with Crippen LogP contribution in [0.25, 0.3) is 0 Å². The maximum absolute atomic E-state index is 5.45. The lowest BCUT2D eigenvalue weighted by Crippen LogP contribution is -2.23. The number of nitrogens with zero attached hydrogens (tertiary/aromatic N) is 2. The second kappa shape index (κ2) is 6.53. The lowest BCUT2D eigenvalue weighted by atomic mass is 10.0. The molecule has 1 unspecified atom stereocenters. The summed E-state index contributed by atoms with van der Waals surface area (Å²) < 4.78 is 7.70. The Labute approximate surface area is 116 Å². The molecule has 0 spiro atoms. The standard InChI is InChI=1S/C15H27N3O/c1-5-14(16-6-2)15-11(3)17-18(12(15)4)13-7-9-19-10-8-13/h13-14,16H,5-10H2,1-4H3. The minimum Gasteiger partial charge on any atom is -0.381 e. The second-order valence-corrected chi connectivity index (χ2v) is 5.39. The normalized spacial score (nSPS) is 18.7. The Hall–Kier alpha value is -0.870. The van der Waals surface area contributed by atoms with Crippen LogP contribution in [0.1, 0.15) is 62.1 Å². The minimum atomic E-state index is 0.429. The predicted octanol–water partition coefficient (Wildman–Crippen LogP) is 2.91. The number of aromatic nitrogens is 2. The summed E-state index contributed by atoms with van der Waals surface area (Å²) in [6.45, 7) is 11.5. The quantitative estimate of drug-likeness (QED) is 0.889. The van der Waals surface area contributed by atoms with Crippen LogP contribution in [-0.2, 0) is 4.74 Å². The third-order valence-corrected chi connectivity index (χ3v) is 4.12. The van der Waals surface area contributed by atoms with Crippen molar-refractivity contribution in [3.8, 4) is 0 Å². The number of rotatable bonds is 5. The van der Waals surface area contributed by atoms with Gasteiger partial charge in [0.1, 0.15) is 0 Å². The van der Waals surface area contributed by atoms with Gasteiger partial charge in [0.15, 0.2) is 0 Å². The highest BCUT2D eigenvalue weighted by Crippen LogP contribution is 2.29. The minimum absolute atomic E-state index is 0.429. The maximum Gasteiger partial charge on any atom is 0.0644 e. The Morgan fingerprint density at radius 3 is 2.58 bits per heavy atom. The van der Waals surface area contributed by atoms with Crippen molar-refractivity contribution in [2.45, 2.75) is 59.0 Å². The zero-order valence-corrected chi connectivity index (χ0v) is 12.7. The van der Waals surface area contributed by atoms with E-state index in [1.165, 1.54) is 17.0 Å². The highest BCUT2D eigenvalue weighted by atomic mass is 16.5. The molecule has 1 aromatic heterocycles. The van der Waals surface area contributed by atoms with E-state index in [1.54, 1.807) is 0 Å². The molecule has 0 aromatic carbocycles. The zero-order valence-electron chi connectivity index (χ0n) is 12.7. The molecule has 0 bridgehead atoms. The maximum atomic E-state index is 5.45. The largest absolute Gasteiger partial charge is 0.381 e. The molecule has 1 aromatic rings. The SMILES string of the molecule is CCNC(CC)c1c(C)nn(C2CCOCC2)c1C. The summed E-state index contributed by atoms with van der Waals surface area (Å²) in [6, 6.07) is 0.943. The molecule has 1 N–H and O–H groups in total. The van der Waals surface area contributed by atoms with E-state index in [1.807, 2.05) is 0 Å². The Balaban J connectivity index is 2.27. The van der Waals surface area contributed by atoms with E-state index in [0.717, 1.165) is 39.0 Å². The van der Waals surface area contributed by atoms with Gasteiger partial charge in [0.05, 0.1) is 11.7 Å². The van der Waals surface area contributed by atoms with Crippen molar-refractivity contribution in [2.24, 2.45) is 0 Å². The van der Waals surface area contributed by atoms with Gasteiger partial charge in [-0.05, 0) is 39.7 Å². The Bertz CT molecular complexity index is 408. The van der Waals surface area contributed by atoms with Crippen LogP contribution in [0, 0.1) is 13.8 Å². The van der Waals surface area contributed by atoms with Crippen molar-refractivity contribution in [3.63, 3.8) is 0 Å². The molecule has 1 atom stereocenters. The molecule has 1 fully saturated rings. The van der Waals surface area contributed by atoms with Crippen LogP contribution in [0.2, 0.25) is 0 Å². The van der Waals surface area contributed by atoms with Crippen LogP contribution in [0.5, 0.6) is 0 Å². The summed E-state index contributed by atoms with van der Waals surface area (Å²) in [5.74, 6) is 0. The van der Waals surface area contributed by atoms with Crippen LogP contribution in [-0.4, -0.2) is 29.5 Å². The van der Waals surface area contributed by atoms with Crippen LogP contribution in [0.3, 0.4) is 0 Å². The van der Waals surface area contributed by atoms with Gasteiger partial charge in [0, 0.05) is 30.5 Å². The van der Waals surface area contributed by atoms with E-state index in [9.17, 15) is 0 Å². The predicted molar refractivity (Wildman–Crippen MR) is 77.5 cm³/mol. The summed E-state index contributed by atoms with van der Waals surface area (Å²) >= 11 is 0. The number of ether oxygens (including phenoxy) is 1. The fourth-order valence-electron chi connectivity index (χ4n) is 3.16. The topological polar surface area (TPSA) is 39.1 Å². The monoisotopic (exact) mass is 265 g/mol. The van der Waals surface area contributed by atoms with E-state index in [2.05, 4.69) is 37.7 Å². The first kappa shape index (κ1) is 14.5. The van der Waals surface area contributed by atoms with Crippen LogP contribution < -0.4 is 5.32 Å². The first-order valence-electron chi connectivity index (χ1n) is 7.55. The summed E-state index contributed by atoms with van der Waals surface area (Å²) in [5, 5.41) is 8.37. The van der Waals surface area contributed by atoms with Gasteiger partial charge in [-0.15, -0.1) is 0 Å². The Morgan fingerprint density at radius 1 is 1.32 bits per heavy atom. The van der Waals surface area contributed by atoms with E-state index in [4.69, 9.17) is 9.84 Å². The molecule has 108 valence electrons. The van der Waals surface area contributed by atoms with Gasteiger partial charge in [-0.1, -0.05) is 13.8 Å². The highest BCUT2D eigenvalue weighted by Gasteiger charge is 2.24. The van der Waals surface area contributed by atoms with E-state index in [0.29, 0.717) is 12.1 Å². The molecule has 1 saturated heterocycles. The number of aryl methyl sites for hydroxylation is 1. The lowest BCUT2D eigenvalue weighted by Gasteiger charge is -2.24. The molecule has 0 aliphatic carbocycles. The zero-order chi connectivity index (χ0) is 13.8. The first-order chi connectivity index (χ1) is 9.19. The molecule has 0 amide bonds. The summed E-state index contributed by atoms with van der Waals surface area (Å²) in [5.41, 5.74) is 3.91. The van der Waals surface area contributed by atoms with Crippen molar-refractivity contribution < 1.29 is 4.74 Å². The van der Waals surface area contributed by atoms with Crippen LogP contribution in [0.4, 0.5) is 0 Å². The average Bonchev–Trinajstić information content (AvgIpc) is 2.73. The summed E-state index contributed by atoms with van der Waals surface area (Å²) in [7, 11) is 0.